The summed E-state index contributed by atoms with van der Waals surface area (Å²) >= 11 is 0. The van der Waals surface area contributed by atoms with Crippen LogP contribution >= 0.6 is 0 Å². The average Bonchev–Trinajstić information content (AvgIpc) is 2.49. The van der Waals surface area contributed by atoms with Gasteiger partial charge in [0.05, 0.1) is 0 Å². The van der Waals surface area contributed by atoms with E-state index in [9.17, 15) is 0 Å². The second-order valence-corrected chi connectivity index (χ2v) is 3.89. The molecular weight excluding hydrogens is 234 g/mol. The number of hydrogen-bond acceptors (Lipinski definition) is 2. The van der Waals surface area contributed by atoms with Gasteiger partial charge < -0.3 is 5.73 Å². The van der Waals surface area contributed by atoms with Crippen molar-refractivity contribution in [2.45, 2.75) is 0 Å². The van der Waals surface area contributed by atoms with Gasteiger partial charge in [0.2, 0.25) is 0 Å². The molecular formula is C16H15N3. The van der Waals surface area contributed by atoms with Crippen molar-refractivity contribution in [2.24, 2.45) is 15.9 Å². The molecule has 0 heterocycles. The normalized spacial score (nSPS) is 12.3. The highest BCUT2D eigenvalue weighted by Gasteiger charge is 1.93. The second kappa shape index (κ2) is 6.91. The fraction of sp³-hybridized carbons (Fsp3) is 0. The van der Waals surface area contributed by atoms with Gasteiger partial charge in [-0.2, -0.15) is 5.10 Å². The van der Waals surface area contributed by atoms with E-state index >= 15 is 0 Å². The number of hydrogen-bond donors (Lipinski definition) is 1. The third-order valence-corrected chi connectivity index (χ3v) is 2.48. The Morgan fingerprint density at radius 1 is 0.895 bits per heavy atom. The van der Waals surface area contributed by atoms with Crippen LogP contribution in [-0.4, -0.2) is 12.1 Å². The largest absolute Gasteiger partial charge is 0.382 e. The first kappa shape index (κ1) is 12.8. The Morgan fingerprint density at radius 2 is 1.53 bits per heavy atom. The fourth-order valence-corrected chi connectivity index (χ4v) is 1.52. The van der Waals surface area contributed by atoms with E-state index in [-0.39, 0.29) is 0 Å². The number of benzene rings is 2. The van der Waals surface area contributed by atoms with Gasteiger partial charge >= 0.3 is 0 Å². The van der Waals surface area contributed by atoms with Crippen LogP contribution in [0.15, 0.2) is 76.9 Å². The minimum Gasteiger partial charge on any atom is -0.382 e. The molecule has 3 nitrogen and oxygen atoms in total. The molecule has 0 saturated carbocycles. The van der Waals surface area contributed by atoms with Crippen LogP contribution < -0.4 is 5.73 Å². The lowest BCUT2D eigenvalue weighted by atomic mass is 10.2. The molecule has 0 aliphatic carbocycles. The van der Waals surface area contributed by atoms with Gasteiger partial charge in [0.1, 0.15) is 0 Å². The molecule has 0 unspecified atom stereocenters. The average molecular weight is 249 g/mol. The first-order valence-electron chi connectivity index (χ1n) is 6.00. The smallest absolute Gasteiger partial charge is 0.153 e. The summed E-state index contributed by atoms with van der Waals surface area (Å²) in [7, 11) is 0. The molecule has 3 heteroatoms. The lowest BCUT2D eigenvalue weighted by Gasteiger charge is -1.95. The lowest BCUT2D eigenvalue weighted by molar-refractivity contribution is 1.23. The zero-order valence-corrected chi connectivity index (χ0v) is 10.5. The standard InChI is InChI=1S/C16H15N3/c17-16(15-11-5-2-6-12-15)19-18-13-7-10-14-8-3-1-4-9-14/h1-13H,(H2,17,19)/b10-7+,18-13+. The molecule has 0 aliphatic rings. The first-order valence-corrected chi connectivity index (χ1v) is 6.00. The van der Waals surface area contributed by atoms with E-state index < -0.39 is 0 Å². The van der Waals surface area contributed by atoms with E-state index in [1.54, 1.807) is 6.21 Å². The quantitative estimate of drug-likeness (QED) is 0.505. The van der Waals surface area contributed by atoms with Crippen molar-refractivity contribution < 1.29 is 0 Å². The van der Waals surface area contributed by atoms with Crippen molar-refractivity contribution in [3.63, 3.8) is 0 Å². The summed E-state index contributed by atoms with van der Waals surface area (Å²) < 4.78 is 0. The molecule has 2 aromatic carbocycles. The molecule has 19 heavy (non-hydrogen) atoms. The van der Waals surface area contributed by atoms with E-state index in [4.69, 9.17) is 5.73 Å². The monoisotopic (exact) mass is 249 g/mol. The summed E-state index contributed by atoms with van der Waals surface area (Å²) in [4.78, 5) is 0. The fourth-order valence-electron chi connectivity index (χ4n) is 1.52. The number of nitrogens with two attached hydrogens (primary N) is 1. The van der Waals surface area contributed by atoms with E-state index in [0.717, 1.165) is 11.1 Å². The molecule has 0 fully saturated rings. The van der Waals surface area contributed by atoms with Gasteiger partial charge in [-0.3, -0.25) is 0 Å². The third kappa shape index (κ3) is 4.24. The molecule has 2 aromatic rings. The van der Waals surface area contributed by atoms with Crippen LogP contribution in [0.25, 0.3) is 6.08 Å². The Bertz CT molecular complexity index is 584. The van der Waals surface area contributed by atoms with Gasteiger partial charge in [-0.15, -0.1) is 5.10 Å². The lowest BCUT2D eigenvalue weighted by Crippen LogP contribution is -2.12. The Balaban J connectivity index is 1.95. The van der Waals surface area contributed by atoms with Gasteiger partial charge in [-0.25, -0.2) is 0 Å². The topological polar surface area (TPSA) is 50.7 Å². The molecule has 2 N–H and O–H groups in total. The molecule has 0 saturated heterocycles. The highest BCUT2D eigenvalue weighted by molar-refractivity contribution is 5.97. The van der Waals surface area contributed by atoms with Gasteiger partial charge in [0, 0.05) is 11.8 Å². The number of amidine groups is 1. The maximum absolute atomic E-state index is 5.80. The molecule has 0 aromatic heterocycles. The van der Waals surface area contributed by atoms with Gasteiger partial charge in [0.25, 0.3) is 0 Å². The van der Waals surface area contributed by atoms with Crippen molar-refractivity contribution in [1.29, 1.82) is 0 Å². The first-order chi connectivity index (χ1) is 9.36. The predicted molar refractivity (Wildman–Crippen MR) is 81.1 cm³/mol. The number of nitrogens with zero attached hydrogens (tertiary/aromatic N) is 2. The molecule has 0 spiro atoms. The summed E-state index contributed by atoms with van der Waals surface area (Å²) in [6.45, 7) is 0. The third-order valence-electron chi connectivity index (χ3n) is 2.48. The Labute approximate surface area is 112 Å². The zero-order valence-electron chi connectivity index (χ0n) is 10.5. The summed E-state index contributed by atoms with van der Waals surface area (Å²) in [6.07, 6.45) is 5.40. The molecule has 0 radical (unpaired) electrons. The molecule has 94 valence electrons. The Morgan fingerprint density at radius 3 is 2.21 bits per heavy atom. The summed E-state index contributed by atoms with van der Waals surface area (Å²) in [6, 6.07) is 19.6. The van der Waals surface area contributed by atoms with Crippen molar-refractivity contribution in [2.75, 3.05) is 0 Å². The molecule has 0 aliphatic heterocycles. The van der Waals surface area contributed by atoms with Crippen molar-refractivity contribution in [3.8, 4) is 0 Å². The molecule has 0 bridgehead atoms. The van der Waals surface area contributed by atoms with E-state index in [1.165, 1.54) is 0 Å². The zero-order chi connectivity index (χ0) is 13.3. The summed E-state index contributed by atoms with van der Waals surface area (Å²) in [5.41, 5.74) is 7.79. The van der Waals surface area contributed by atoms with Crippen molar-refractivity contribution in [1.82, 2.24) is 0 Å². The van der Waals surface area contributed by atoms with Crippen LogP contribution in [0.3, 0.4) is 0 Å². The minimum atomic E-state index is 0.407. The van der Waals surface area contributed by atoms with E-state index in [1.807, 2.05) is 72.8 Å². The summed E-state index contributed by atoms with van der Waals surface area (Å²) in [5, 5.41) is 7.85. The van der Waals surface area contributed by atoms with E-state index in [0.29, 0.717) is 5.84 Å². The van der Waals surface area contributed by atoms with Crippen molar-refractivity contribution in [3.05, 3.63) is 77.9 Å². The summed E-state index contributed by atoms with van der Waals surface area (Å²) in [5.74, 6) is 0.407. The van der Waals surface area contributed by atoms with Crippen LogP contribution in [0.2, 0.25) is 0 Å². The molecule has 2 rings (SSSR count). The highest BCUT2D eigenvalue weighted by Crippen LogP contribution is 2.00. The maximum Gasteiger partial charge on any atom is 0.153 e. The van der Waals surface area contributed by atoms with Crippen LogP contribution in [0.5, 0.6) is 0 Å². The molecule has 0 atom stereocenters. The SMILES string of the molecule is N\C(=N/N=C/C=C/c1ccccc1)c1ccccc1. The Kier molecular flexibility index (Phi) is 4.64. The van der Waals surface area contributed by atoms with Crippen LogP contribution in [0.4, 0.5) is 0 Å². The van der Waals surface area contributed by atoms with Gasteiger partial charge in [0.15, 0.2) is 5.84 Å². The van der Waals surface area contributed by atoms with Crippen molar-refractivity contribution >= 4 is 18.1 Å². The maximum atomic E-state index is 5.80. The van der Waals surface area contributed by atoms with E-state index in [2.05, 4.69) is 10.2 Å². The van der Waals surface area contributed by atoms with Gasteiger partial charge in [-0.1, -0.05) is 66.7 Å². The van der Waals surface area contributed by atoms with Gasteiger partial charge in [-0.05, 0) is 11.6 Å². The van der Waals surface area contributed by atoms with Crippen LogP contribution in [0, 0.1) is 0 Å². The number of allylic oxidation sites excluding steroid dienone is 1. The van der Waals surface area contributed by atoms with Crippen LogP contribution in [0.1, 0.15) is 11.1 Å². The number of rotatable bonds is 4. The second-order valence-electron chi connectivity index (χ2n) is 3.89. The van der Waals surface area contributed by atoms with Crippen LogP contribution in [-0.2, 0) is 0 Å². The minimum absolute atomic E-state index is 0.407. The highest BCUT2D eigenvalue weighted by atomic mass is 15.2. The predicted octanol–water partition coefficient (Wildman–Crippen LogP) is 3.09. The molecule has 0 amide bonds. The Hall–Kier alpha value is -2.68.